The Labute approximate surface area is 222 Å². The molecular formula is C30H33NO7. The zero-order chi connectivity index (χ0) is 27.4. The Bertz CT molecular complexity index is 1280. The van der Waals surface area contributed by atoms with Gasteiger partial charge in [0.25, 0.3) is 0 Å². The molecular weight excluding hydrogens is 486 g/mol. The number of benzene rings is 2. The highest BCUT2D eigenvalue weighted by atomic mass is 16.5. The zero-order valence-corrected chi connectivity index (χ0v) is 22.4. The lowest BCUT2D eigenvalue weighted by Crippen LogP contribution is -2.48. The molecule has 2 aliphatic rings. The Hall–Kier alpha value is -3.94. The number of methoxy groups -OCH3 is 2. The highest BCUT2D eigenvalue weighted by molar-refractivity contribution is 6.18. The third-order valence-corrected chi connectivity index (χ3v) is 7.20. The minimum atomic E-state index is -1.09. The Kier molecular flexibility index (Phi) is 8.29. The summed E-state index contributed by atoms with van der Waals surface area (Å²) in [5, 5.41) is 0. The van der Waals surface area contributed by atoms with Crippen molar-refractivity contribution in [2.75, 3.05) is 27.4 Å². The first-order chi connectivity index (χ1) is 18.4. The first-order valence-corrected chi connectivity index (χ1v) is 12.8. The van der Waals surface area contributed by atoms with Crippen LogP contribution in [0.2, 0.25) is 0 Å². The number of carbonyl (C=O) groups excluding carboxylic acids is 3. The topological polar surface area (TPSA) is 100 Å². The van der Waals surface area contributed by atoms with Gasteiger partial charge in [0, 0.05) is 23.2 Å². The first-order valence-electron chi connectivity index (χ1n) is 12.8. The van der Waals surface area contributed by atoms with Gasteiger partial charge in [-0.2, -0.15) is 0 Å². The lowest BCUT2D eigenvalue weighted by molar-refractivity contribution is -0.153. The van der Waals surface area contributed by atoms with Gasteiger partial charge < -0.3 is 18.9 Å². The standard InChI is InChI=1S/C30H33NO7/c1-6-37-29(33)24-17(3)31-22-16-21(20-10-8-9-11-23(20)36-5)26(30(34)38-7-2)28(32)27(22)25(24)18-12-14-19(35-4)15-13-18/h8-15,21,25-27H,6-7,16H2,1-5H3/t21-,25+,26+,27?/m0/s1. The molecule has 0 radical (unpaired) electrons. The Morgan fingerprint density at radius 3 is 2.24 bits per heavy atom. The van der Waals surface area contributed by atoms with Crippen LogP contribution >= 0.6 is 0 Å². The summed E-state index contributed by atoms with van der Waals surface area (Å²) in [7, 11) is 3.13. The predicted octanol–water partition coefficient (Wildman–Crippen LogP) is 4.63. The van der Waals surface area contributed by atoms with Crippen molar-refractivity contribution >= 4 is 23.4 Å². The molecule has 0 aromatic heterocycles. The second kappa shape index (κ2) is 11.6. The number of carbonyl (C=O) groups is 3. The normalized spacial score (nSPS) is 22.8. The van der Waals surface area contributed by atoms with Gasteiger partial charge in [-0.05, 0) is 56.5 Å². The predicted molar refractivity (Wildman–Crippen MR) is 141 cm³/mol. The molecule has 1 aliphatic carbocycles. The summed E-state index contributed by atoms with van der Waals surface area (Å²) in [6.45, 7) is 5.52. The maximum Gasteiger partial charge on any atom is 0.336 e. The van der Waals surface area contributed by atoms with Crippen LogP contribution in [0.3, 0.4) is 0 Å². The number of aliphatic imine (C=N–C) groups is 1. The third kappa shape index (κ3) is 4.95. The van der Waals surface area contributed by atoms with Gasteiger partial charge in [0.15, 0.2) is 5.78 Å². The van der Waals surface area contributed by atoms with E-state index in [2.05, 4.69) is 0 Å². The van der Waals surface area contributed by atoms with Gasteiger partial charge in [0.2, 0.25) is 0 Å². The second-order valence-corrected chi connectivity index (χ2v) is 9.24. The Balaban J connectivity index is 1.90. The molecule has 0 amide bonds. The minimum Gasteiger partial charge on any atom is -0.497 e. The summed E-state index contributed by atoms with van der Waals surface area (Å²) in [6.07, 6.45) is 0.334. The van der Waals surface area contributed by atoms with Gasteiger partial charge in [0.1, 0.15) is 17.4 Å². The van der Waals surface area contributed by atoms with Crippen LogP contribution in [0.1, 0.15) is 50.2 Å². The average molecular weight is 520 g/mol. The van der Waals surface area contributed by atoms with Crippen LogP contribution in [0, 0.1) is 11.8 Å². The fraction of sp³-hybridized carbons (Fsp3) is 0.400. The fourth-order valence-electron chi connectivity index (χ4n) is 5.59. The molecule has 1 heterocycles. The van der Waals surface area contributed by atoms with Crippen molar-refractivity contribution < 1.29 is 33.3 Å². The molecule has 38 heavy (non-hydrogen) atoms. The number of esters is 2. The summed E-state index contributed by atoms with van der Waals surface area (Å²) in [5.74, 6) is -3.33. The van der Waals surface area contributed by atoms with E-state index < -0.39 is 35.6 Å². The largest absolute Gasteiger partial charge is 0.497 e. The van der Waals surface area contributed by atoms with Gasteiger partial charge in [-0.15, -0.1) is 0 Å². The number of fused-ring (bicyclic) bond motifs is 1. The number of rotatable bonds is 8. The molecule has 0 N–H and O–H groups in total. The molecule has 0 spiro atoms. The molecule has 1 fully saturated rings. The highest BCUT2D eigenvalue weighted by Gasteiger charge is 2.53. The Morgan fingerprint density at radius 1 is 0.921 bits per heavy atom. The lowest BCUT2D eigenvalue weighted by atomic mass is 9.62. The van der Waals surface area contributed by atoms with Gasteiger partial charge in [0.05, 0.1) is 38.9 Å². The Morgan fingerprint density at radius 2 is 1.61 bits per heavy atom. The van der Waals surface area contributed by atoms with Gasteiger partial charge in [-0.1, -0.05) is 30.3 Å². The molecule has 8 heteroatoms. The zero-order valence-electron chi connectivity index (χ0n) is 22.4. The molecule has 8 nitrogen and oxygen atoms in total. The van der Waals surface area contributed by atoms with E-state index in [9.17, 15) is 14.4 Å². The van der Waals surface area contributed by atoms with E-state index in [1.807, 2.05) is 30.3 Å². The summed E-state index contributed by atoms with van der Waals surface area (Å²) < 4.78 is 21.7. The highest BCUT2D eigenvalue weighted by Crippen LogP contribution is 2.49. The number of ketones is 1. The van der Waals surface area contributed by atoms with E-state index in [-0.39, 0.29) is 19.0 Å². The van der Waals surface area contributed by atoms with E-state index >= 15 is 0 Å². The van der Waals surface area contributed by atoms with Crippen LogP contribution in [-0.4, -0.2) is 50.9 Å². The van der Waals surface area contributed by atoms with E-state index in [1.54, 1.807) is 53.2 Å². The number of nitrogens with zero attached hydrogens (tertiary/aromatic N) is 1. The van der Waals surface area contributed by atoms with Crippen LogP contribution < -0.4 is 9.47 Å². The molecule has 1 aliphatic heterocycles. The van der Waals surface area contributed by atoms with Crippen molar-refractivity contribution in [2.24, 2.45) is 16.8 Å². The summed E-state index contributed by atoms with van der Waals surface area (Å²) in [4.78, 5) is 45.7. The SMILES string of the molecule is CCOC(=O)C1=C(C)N=C2C[C@@H](c3ccccc3OC)[C@@H](C(=O)OCC)C(=O)C2[C@@H]1c1ccc(OC)cc1. The molecule has 0 saturated heterocycles. The van der Waals surface area contributed by atoms with Crippen molar-refractivity contribution in [3.05, 3.63) is 70.9 Å². The van der Waals surface area contributed by atoms with Crippen molar-refractivity contribution in [2.45, 2.75) is 39.0 Å². The number of Topliss-reactive ketones (excluding diaryl/α,β-unsaturated/α-hetero) is 1. The van der Waals surface area contributed by atoms with E-state index in [0.29, 0.717) is 34.9 Å². The van der Waals surface area contributed by atoms with Crippen molar-refractivity contribution in [3.8, 4) is 11.5 Å². The van der Waals surface area contributed by atoms with Gasteiger partial charge >= 0.3 is 11.9 Å². The summed E-state index contributed by atoms with van der Waals surface area (Å²) in [6, 6.07) is 14.6. The van der Waals surface area contributed by atoms with Crippen molar-refractivity contribution in [1.29, 1.82) is 0 Å². The third-order valence-electron chi connectivity index (χ3n) is 7.20. The van der Waals surface area contributed by atoms with E-state index in [0.717, 1.165) is 11.1 Å². The molecule has 2 aromatic rings. The van der Waals surface area contributed by atoms with Crippen molar-refractivity contribution in [1.82, 2.24) is 0 Å². The monoisotopic (exact) mass is 519 g/mol. The van der Waals surface area contributed by atoms with E-state index in [1.165, 1.54) is 0 Å². The molecule has 200 valence electrons. The second-order valence-electron chi connectivity index (χ2n) is 9.24. The maximum atomic E-state index is 14.4. The molecule has 4 atom stereocenters. The van der Waals surface area contributed by atoms with Crippen LogP contribution in [0.4, 0.5) is 0 Å². The number of ether oxygens (including phenoxy) is 4. The summed E-state index contributed by atoms with van der Waals surface area (Å²) in [5.41, 5.74) is 2.91. The van der Waals surface area contributed by atoms with Crippen LogP contribution in [0.5, 0.6) is 11.5 Å². The average Bonchev–Trinajstić information content (AvgIpc) is 2.92. The number of allylic oxidation sites excluding steroid dienone is 1. The number of hydrogen-bond donors (Lipinski definition) is 0. The van der Waals surface area contributed by atoms with Crippen molar-refractivity contribution in [3.63, 3.8) is 0 Å². The van der Waals surface area contributed by atoms with E-state index in [4.69, 9.17) is 23.9 Å². The lowest BCUT2D eigenvalue weighted by Gasteiger charge is -2.41. The smallest absolute Gasteiger partial charge is 0.336 e. The summed E-state index contributed by atoms with van der Waals surface area (Å²) >= 11 is 0. The number of hydrogen-bond acceptors (Lipinski definition) is 8. The minimum absolute atomic E-state index is 0.141. The fourth-order valence-corrected chi connectivity index (χ4v) is 5.59. The van der Waals surface area contributed by atoms with Crippen LogP contribution in [-0.2, 0) is 23.9 Å². The van der Waals surface area contributed by atoms with Crippen LogP contribution in [0.15, 0.2) is 64.8 Å². The molecule has 2 aromatic carbocycles. The van der Waals surface area contributed by atoms with Gasteiger partial charge in [-0.3, -0.25) is 14.6 Å². The quantitative estimate of drug-likeness (QED) is 0.370. The maximum absolute atomic E-state index is 14.4. The molecule has 0 bridgehead atoms. The molecule has 1 saturated carbocycles. The number of para-hydroxylation sites is 1. The molecule has 1 unspecified atom stereocenters. The molecule has 4 rings (SSSR count). The first kappa shape index (κ1) is 27.1. The van der Waals surface area contributed by atoms with Crippen LogP contribution in [0.25, 0.3) is 0 Å². The van der Waals surface area contributed by atoms with Gasteiger partial charge in [-0.25, -0.2) is 4.79 Å².